The van der Waals surface area contributed by atoms with Gasteiger partial charge in [0.15, 0.2) is 0 Å². The molecule has 0 bridgehead atoms. The van der Waals surface area contributed by atoms with Crippen molar-refractivity contribution in [3.8, 4) is 0 Å². The molecule has 0 saturated heterocycles. The second-order valence-electron chi connectivity index (χ2n) is 4.45. The molecule has 1 amide bonds. The number of nitrogens with zero attached hydrogens (tertiary/aromatic N) is 1. The third kappa shape index (κ3) is 5.50. The second-order valence-corrected chi connectivity index (χ2v) is 4.45. The Morgan fingerprint density at radius 1 is 1.40 bits per heavy atom. The monoisotopic (exact) mass is 283 g/mol. The fourth-order valence-corrected chi connectivity index (χ4v) is 1.81. The summed E-state index contributed by atoms with van der Waals surface area (Å²) in [6.07, 6.45) is 0.881. The number of carbonyl (C=O) groups is 1. The minimum absolute atomic E-state index is 0.00409. The quantitative estimate of drug-likeness (QED) is 0.555. The molecule has 7 nitrogen and oxygen atoms in total. The molecule has 3 N–H and O–H groups in total. The summed E-state index contributed by atoms with van der Waals surface area (Å²) >= 11 is 0. The van der Waals surface area contributed by atoms with E-state index in [1.54, 1.807) is 13.8 Å². The first-order chi connectivity index (χ1) is 9.54. The number of ether oxygens (including phenoxy) is 1. The molecular formula is C13H21N3O4. The van der Waals surface area contributed by atoms with Gasteiger partial charge in [0, 0.05) is 30.1 Å². The van der Waals surface area contributed by atoms with Crippen LogP contribution in [-0.2, 0) is 16.0 Å². The molecular weight excluding hydrogens is 262 g/mol. The summed E-state index contributed by atoms with van der Waals surface area (Å²) in [4.78, 5) is 29.3. The van der Waals surface area contributed by atoms with Crippen molar-refractivity contribution in [3.63, 3.8) is 0 Å². The number of rotatable bonds is 8. The van der Waals surface area contributed by atoms with Crippen LogP contribution in [0.1, 0.15) is 23.4 Å². The van der Waals surface area contributed by atoms with Gasteiger partial charge in [-0.15, -0.1) is 0 Å². The molecule has 7 heteroatoms. The van der Waals surface area contributed by atoms with E-state index in [0.717, 1.165) is 5.56 Å². The van der Waals surface area contributed by atoms with E-state index in [0.29, 0.717) is 37.6 Å². The molecule has 0 unspecified atom stereocenters. The second kappa shape index (κ2) is 8.44. The van der Waals surface area contributed by atoms with E-state index in [2.05, 4.69) is 15.3 Å². The van der Waals surface area contributed by atoms with Gasteiger partial charge in [0.1, 0.15) is 0 Å². The van der Waals surface area contributed by atoms with Crippen LogP contribution >= 0.6 is 0 Å². The molecule has 1 heterocycles. The summed E-state index contributed by atoms with van der Waals surface area (Å²) < 4.78 is 5.08. The molecule has 112 valence electrons. The van der Waals surface area contributed by atoms with E-state index < -0.39 is 5.69 Å². The van der Waals surface area contributed by atoms with Crippen LogP contribution in [0.4, 0.5) is 0 Å². The van der Waals surface area contributed by atoms with Crippen molar-refractivity contribution in [2.45, 2.75) is 26.7 Å². The number of H-pyrrole nitrogens is 1. The van der Waals surface area contributed by atoms with E-state index in [4.69, 9.17) is 9.84 Å². The fourth-order valence-electron chi connectivity index (χ4n) is 1.81. The van der Waals surface area contributed by atoms with Crippen LogP contribution in [0, 0.1) is 13.8 Å². The standard InChI is InChI=1S/C13H21N3O4/c1-9-11(10(2)16-13(19)15-9)8-12(18)14-4-3-6-20-7-5-17/h17H,3-8H2,1-2H3,(H,14,18)(H,15,16,19). The maximum absolute atomic E-state index is 11.8. The Morgan fingerprint density at radius 2 is 2.15 bits per heavy atom. The van der Waals surface area contributed by atoms with Gasteiger partial charge in [-0.05, 0) is 20.3 Å². The number of aromatic nitrogens is 2. The van der Waals surface area contributed by atoms with Crippen molar-refractivity contribution in [1.82, 2.24) is 15.3 Å². The van der Waals surface area contributed by atoms with Gasteiger partial charge in [-0.2, -0.15) is 4.98 Å². The molecule has 0 aliphatic rings. The first-order valence-corrected chi connectivity index (χ1v) is 6.56. The number of aryl methyl sites for hydroxylation is 2. The lowest BCUT2D eigenvalue weighted by Crippen LogP contribution is -2.28. The molecule has 0 atom stereocenters. The van der Waals surface area contributed by atoms with E-state index in [1.807, 2.05) is 0 Å². The molecule has 0 radical (unpaired) electrons. The number of aliphatic hydroxyl groups is 1. The Kier molecular flexibility index (Phi) is 6.89. The molecule has 1 rings (SSSR count). The minimum atomic E-state index is -0.398. The number of amides is 1. The van der Waals surface area contributed by atoms with Crippen LogP contribution in [0.2, 0.25) is 0 Å². The predicted octanol–water partition coefficient (Wildman–Crippen LogP) is -0.556. The van der Waals surface area contributed by atoms with Crippen LogP contribution < -0.4 is 11.0 Å². The zero-order chi connectivity index (χ0) is 15.0. The van der Waals surface area contributed by atoms with Crippen LogP contribution in [0.25, 0.3) is 0 Å². The van der Waals surface area contributed by atoms with E-state index in [-0.39, 0.29) is 18.9 Å². The molecule has 0 saturated carbocycles. The first kappa shape index (κ1) is 16.3. The topological polar surface area (TPSA) is 104 Å². The third-order valence-electron chi connectivity index (χ3n) is 2.81. The Bertz CT molecular complexity index is 473. The highest BCUT2D eigenvalue weighted by Crippen LogP contribution is 2.07. The number of aromatic amines is 1. The molecule has 1 aromatic rings. The largest absolute Gasteiger partial charge is 0.394 e. The van der Waals surface area contributed by atoms with Gasteiger partial charge in [-0.1, -0.05) is 0 Å². The lowest BCUT2D eigenvalue weighted by molar-refractivity contribution is -0.120. The summed E-state index contributed by atoms with van der Waals surface area (Å²) in [5.74, 6) is -0.118. The zero-order valence-corrected chi connectivity index (χ0v) is 11.9. The van der Waals surface area contributed by atoms with Gasteiger partial charge in [-0.3, -0.25) is 4.79 Å². The molecule has 0 spiro atoms. The van der Waals surface area contributed by atoms with Crippen molar-refractivity contribution in [1.29, 1.82) is 0 Å². The predicted molar refractivity (Wildman–Crippen MR) is 73.6 cm³/mol. The van der Waals surface area contributed by atoms with Gasteiger partial charge < -0.3 is 20.1 Å². The van der Waals surface area contributed by atoms with Crippen LogP contribution in [-0.4, -0.2) is 47.3 Å². The Labute approximate surface area is 117 Å². The minimum Gasteiger partial charge on any atom is -0.394 e. The first-order valence-electron chi connectivity index (χ1n) is 6.56. The van der Waals surface area contributed by atoms with E-state index in [1.165, 1.54) is 0 Å². The number of hydrogen-bond acceptors (Lipinski definition) is 5. The van der Waals surface area contributed by atoms with Crippen molar-refractivity contribution in [3.05, 3.63) is 27.4 Å². The van der Waals surface area contributed by atoms with E-state index >= 15 is 0 Å². The average molecular weight is 283 g/mol. The lowest BCUT2D eigenvalue weighted by Gasteiger charge is -2.09. The summed E-state index contributed by atoms with van der Waals surface area (Å²) in [6, 6.07) is 0. The number of carbonyl (C=O) groups excluding carboxylic acids is 1. The van der Waals surface area contributed by atoms with Gasteiger partial charge in [0.05, 0.1) is 19.6 Å². The van der Waals surface area contributed by atoms with Crippen LogP contribution in [0.3, 0.4) is 0 Å². The van der Waals surface area contributed by atoms with Crippen molar-refractivity contribution in [2.75, 3.05) is 26.4 Å². The molecule has 20 heavy (non-hydrogen) atoms. The van der Waals surface area contributed by atoms with Crippen LogP contribution in [0.5, 0.6) is 0 Å². The van der Waals surface area contributed by atoms with Crippen molar-refractivity contribution < 1.29 is 14.6 Å². The SMILES string of the molecule is Cc1nc(=O)[nH]c(C)c1CC(=O)NCCCOCCO. The summed E-state index contributed by atoms with van der Waals surface area (Å²) in [6.45, 7) is 4.80. The number of hydrogen-bond donors (Lipinski definition) is 3. The maximum Gasteiger partial charge on any atom is 0.345 e. The highest BCUT2D eigenvalue weighted by molar-refractivity contribution is 5.78. The molecule has 0 fully saturated rings. The Hall–Kier alpha value is -1.73. The maximum atomic E-state index is 11.8. The summed E-state index contributed by atoms with van der Waals surface area (Å²) in [7, 11) is 0. The van der Waals surface area contributed by atoms with E-state index in [9.17, 15) is 9.59 Å². The number of nitrogens with one attached hydrogen (secondary N) is 2. The lowest BCUT2D eigenvalue weighted by atomic mass is 10.1. The number of aliphatic hydroxyl groups excluding tert-OH is 1. The third-order valence-corrected chi connectivity index (χ3v) is 2.81. The normalized spacial score (nSPS) is 10.6. The Balaban J connectivity index is 2.38. The Morgan fingerprint density at radius 3 is 2.80 bits per heavy atom. The summed E-state index contributed by atoms with van der Waals surface area (Å²) in [5, 5.41) is 11.3. The molecule has 1 aromatic heterocycles. The van der Waals surface area contributed by atoms with Gasteiger partial charge >= 0.3 is 5.69 Å². The highest BCUT2D eigenvalue weighted by atomic mass is 16.5. The van der Waals surface area contributed by atoms with Gasteiger partial charge in [0.2, 0.25) is 5.91 Å². The van der Waals surface area contributed by atoms with Crippen LogP contribution in [0.15, 0.2) is 4.79 Å². The summed E-state index contributed by atoms with van der Waals surface area (Å²) in [5.41, 5.74) is 1.60. The van der Waals surface area contributed by atoms with Crippen molar-refractivity contribution >= 4 is 5.91 Å². The average Bonchev–Trinajstić information content (AvgIpc) is 2.38. The molecule has 0 aromatic carbocycles. The molecule has 0 aliphatic carbocycles. The van der Waals surface area contributed by atoms with Crippen molar-refractivity contribution in [2.24, 2.45) is 0 Å². The van der Waals surface area contributed by atoms with Gasteiger partial charge in [0.25, 0.3) is 0 Å². The zero-order valence-electron chi connectivity index (χ0n) is 11.9. The highest BCUT2D eigenvalue weighted by Gasteiger charge is 2.10. The fraction of sp³-hybridized carbons (Fsp3) is 0.615. The smallest absolute Gasteiger partial charge is 0.345 e. The molecule has 0 aliphatic heterocycles. The van der Waals surface area contributed by atoms with Gasteiger partial charge in [-0.25, -0.2) is 4.79 Å².